The van der Waals surface area contributed by atoms with E-state index in [1.54, 1.807) is 33.8 Å². The number of rotatable bonds is 6. The van der Waals surface area contributed by atoms with Crippen molar-refractivity contribution in [2.45, 2.75) is 32.4 Å². The van der Waals surface area contributed by atoms with Gasteiger partial charge in [-0.3, -0.25) is 9.36 Å². The van der Waals surface area contributed by atoms with E-state index in [2.05, 4.69) is 15.2 Å². The molecule has 1 aromatic carbocycles. The third-order valence-corrected chi connectivity index (χ3v) is 6.13. The number of hydrogen-bond acceptors (Lipinski definition) is 5. The van der Waals surface area contributed by atoms with Gasteiger partial charge >= 0.3 is 0 Å². The summed E-state index contributed by atoms with van der Waals surface area (Å²) in [5.74, 6) is 0.351. The molecular formula is C23H22ClFN6O. The zero-order valence-electron chi connectivity index (χ0n) is 17.9. The number of hydrogen-bond donors (Lipinski definition) is 1. The molecule has 5 rings (SSSR count). The standard InChI is InChI=1S/C23H22ClFN6O/c1-4-31-12-14(21(24)29-31)10-13-11-30(3)28-20(13)15-7-8-16(25)19-18(15)23(19,2)32-17-6-5-9-27-22(17)26/h5-9,11-12H,4,10H2,1-3H3,(H2,26,27). The van der Waals surface area contributed by atoms with Gasteiger partial charge in [0, 0.05) is 66.4 Å². The summed E-state index contributed by atoms with van der Waals surface area (Å²) in [4.78, 5) is 4.06. The van der Waals surface area contributed by atoms with Crippen LogP contribution in [0.25, 0.3) is 11.3 Å². The average molecular weight is 453 g/mol. The zero-order valence-corrected chi connectivity index (χ0v) is 18.7. The first kappa shape index (κ1) is 20.5. The highest BCUT2D eigenvalue weighted by molar-refractivity contribution is 6.30. The van der Waals surface area contributed by atoms with Crippen LogP contribution in [0, 0.1) is 5.82 Å². The molecule has 0 radical (unpaired) electrons. The lowest BCUT2D eigenvalue weighted by Gasteiger charge is -2.15. The Bertz CT molecular complexity index is 1350. The summed E-state index contributed by atoms with van der Waals surface area (Å²) in [5.41, 5.74) is 9.73. The molecule has 0 amide bonds. The van der Waals surface area contributed by atoms with Gasteiger partial charge in [0.1, 0.15) is 5.82 Å². The number of anilines is 1. The molecule has 0 spiro atoms. The second-order valence-corrected chi connectivity index (χ2v) is 8.38. The highest BCUT2D eigenvalue weighted by Gasteiger charge is 2.54. The van der Waals surface area contributed by atoms with Crippen LogP contribution in [0.4, 0.5) is 10.2 Å². The maximum Gasteiger partial charge on any atom is 0.166 e. The normalized spacial score (nSPS) is 16.8. The van der Waals surface area contributed by atoms with Crippen molar-refractivity contribution in [3.05, 3.63) is 76.1 Å². The summed E-state index contributed by atoms with van der Waals surface area (Å²) in [5, 5.41) is 9.47. The molecule has 3 heterocycles. The van der Waals surface area contributed by atoms with E-state index < -0.39 is 5.60 Å². The van der Waals surface area contributed by atoms with Crippen LogP contribution < -0.4 is 10.5 Å². The summed E-state index contributed by atoms with van der Waals surface area (Å²) < 4.78 is 24.4. The summed E-state index contributed by atoms with van der Waals surface area (Å²) in [6.45, 7) is 4.58. The molecule has 0 saturated heterocycles. The summed E-state index contributed by atoms with van der Waals surface area (Å²) >= 11 is 6.35. The number of pyridine rings is 1. The lowest BCUT2D eigenvalue weighted by Crippen LogP contribution is -2.14. The van der Waals surface area contributed by atoms with E-state index in [9.17, 15) is 4.39 Å². The minimum absolute atomic E-state index is 0.259. The Morgan fingerprint density at radius 3 is 2.69 bits per heavy atom. The Hall–Kier alpha value is -3.39. The fraction of sp³-hybridized carbons (Fsp3) is 0.261. The van der Waals surface area contributed by atoms with Gasteiger partial charge in [-0.05, 0) is 38.1 Å². The minimum Gasteiger partial charge on any atom is -0.474 e. The second-order valence-electron chi connectivity index (χ2n) is 8.02. The Morgan fingerprint density at radius 1 is 1.16 bits per heavy atom. The van der Waals surface area contributed by atoms with Crippen LogP contribution in [0.3, 0.4) is 0 Å². The third kappa shape index (κ3) is 3.22. The number of aromatic nitrogens is 5. The molecule has 0 fully saturated rings. The van der Waals surface area contributed by atoms with E-state index in [0.717, 1.165) is 34.5 Å². The van der Waals surface area contributed by atoms with Crippen LogP contribution in [0.15, 0.2) is 42.9 Å². The summed E-state index contributed by atoms with van der Waals surface area (Å²) in [7, 11) is 1.86. The molecule has 1 aliphatic carbocycles. The molecule has 32 heavy (non-hydrogen) atoms. The van der Waals surface area contributed by atoms with E-state index >= 15 is 0 Å². The summed E-state index contributed by atoms with van der Waals surface area (Å²) in [6, 6.07) is 6.66. The van der Waals surface area contributed by atoms with Gasteiger partial charge < -0.3 is 10.5 Å². The van der Waals surface area contributed by atoms with Crippen LogP contribution >= 0.6 is 11.6 Å². The number of aryl methyl sites for hydroxylation is 2. The van der Waals surface area contributed by atoms with Crippen molar-refractivity contribution in [3.8, 4) is 17.0 Å². The van der Waals surface area contributed by atoms with Crippen LogP contribution in [-0.2, 0) is 25.6 Å². The molecule has 7 nitrogen and oxygen atoms in total. The monoisotopic (exact) mass is 452 g/mol. The fourth-order valence-electron chi connectivity index (χ4n) is 4.25. The van der Waals surface area contributed by atoms with E-state index in [0.29, 0.717) is 22.9 Å². The van der Waals surface area contributed by atoms with Crippen molar-refractivity contribution in [3.63, 3.8) is 0 Å². The molecule has 164 valence electrons. The van der Waals surface area contributed by atoms with Gasteiger partial charge in [0.15, 0.2) is 22.3 Å². The second kappa shape index (κ2) is 7.34. The van der Waals surface area contributed by atoms with Gasteiger partial charge in [-0.15, -0.1) is 0 Å². The number of fused-ring (bicyclic) bond motifs is 1. The number of benzene rings is 1. The van der Waals surface area contributed by atoms with E-state index in [1.807, 2.05) is 33.3 Å². The number of nitrogens with zero attached hydrogens (tertiary/aromatic N) is 5. The predicted molar refractivity (Wildman–Crippen MR) is 120 cm³/mol. The average Bonchev–Trinajstić information content (AvgIpc) is 3.02. The van der Waals surface area contributed by atoms with Crippen molar-refractivity contribution < 1.29 is 9.13 Å². The number of halogens is 2. The zero-order chi connectivity index (χ0) is 22.6. The first-order valence-electron chi connectivity index (χ1n) is 10.3. The van der Waals surface area contributed by atoms with Crippen molar-refractivity contribution in [2.75, 3.05) is 5.73 Å². The van der Waals surface area contributed by atoms with E-state index in [4.69, 9.17) is 22.1 Å². The van der Waals surface area contributed by atoms with Gasteiger partial charge in [0.2, 0.25) is 0 Å². The highest BCUT2D eigenvalue weighted by Crippen LogP contribution is 2.56. The van der Waals surface area contributed by atoms with Crippen molar-refractivity contribution in [2.24, 2.45) is 7.05 Å². The third-order valence-electron chi connectivity index (χ3n) is 5.81. The smallest absolute Gasteiger partial charge is 0.166 e. The Balaban J connectivity index is 1.55. The molecule has 1 unspecified atom stereocenters. The van der Waals surface area contributed by atoms with Gasteiger partial charge in [-0.2, -0.15) is 10.2 Å². The van der Waals surface area contributed by atoms with Gasteiger partial charge in [-0.25, -0.2) is 9.37 Å². The molecular weight excluding hydrogens is 431 g/mol. The predicted octanol–water partition coefficient (Wildman–Crippen LogP) is 4.32. The van der Waals surface area contributed by atoms with Crippen molar-refractivity contribution in [1.82, 2.24) is 24.5 Å². The summed E-state index contributed by atoms with van der Waals surface area (Å²) in [6.07, 6.45) is 6.03. The lowest BCUT2D eigenvalue weighted by molar-refractivity contribution is 0.182. The highest BCUT2D eigenvalue weighted by atomic mass is 35.5. The van der Waals surface area contributed by atoms with Gasteiger partial charge in [-0.1, -0.05) is 11.6 Å². The maximum atomic E-state index is 14.7. The number of ether oxygens (including phenoxy) is 1. The largest absolute Gasteiger partial charge is 0.474 e. The maximum absolute atomic E-state index is 14.7. The Labute approximate surface area is 189 Å². The molecule has 0 saturated carbocycles. The van der Waals surface area contributed by atoms with E-state index in [1.165, 1.54) is 6.07 Å². The molecule has 1 aliphatic rings. The Morgan fingerprint density at radius 2 is 1.97 bits per heavy atom. The first-order chi connectivity index (χ1) is 15.3. The van der Waals surface area contributed by atoms with Crippen LogP contribution in [0.2, 0.25) is 5.15 Å². The van der Waals surface area contributed by atoms with E-state index in [-0.39, 0.29) is 11.6 Å². The molecule has 2 N–H and O–H groups in total. The lowest BCUT2D eigenvalue weighted by atomic mass is 10.0. The molecule has 1 atom stereocenters. The molecule has 0 bridgehead atoms. The molecule has 9 heteroatoms. The Kier molecular flexibility index (Phi) is 4.70. The molecule has 0 aliphatic heterocycles. The topological polar surface area (TPSA) is 83.8 Å². The minimum atomic E-state index is -0.945. The van der Waals surface area contributed by atoms with Crippen LogP contribution in [-0.4, -0.2) is 24.5 Å². The quantitative estimate of drug-likeness (QED) is 0.471. The molecule has 3 aromatic heterocycles. The van der Waals surface area contributed by atoms with Gasteiger partial charge in [0.05, 0.1) is 5.69 Å². The van der Waals surface area contributed by atoms with Gasteiger partial charge in [0.25, 0.3) is 0 Å². The SMILES string of the molecule is CCn1cc(Cc2cn(C)nc2-c2ccc(F)c3c2C3(C)Oc2cccnc2N)c(Cl)n1. The molecule has 4 aromatic rings. The van der Waals surface area contributed by atoms with Crippen molar-refractivity contribution in [1.29, 1.82) is 0 Å². The fourth-order valence-corrected chi connectivity index (χ4v) is 4.46. The van der Waals surface area contributed by atoms with Crippen molar-refractivity contribution >= 4 is 17.4 Å². The number of nitrogens with two attached hydrogens (primary N) is 1. The number of nitrogen functional groups attached to an aromatic ring is 1. The van der Waals surface area contributed by atoms with Crippen LogP contribution in [0.5, 0.6) is 5.75 Å². The van der Waals surface area contributed by atoms with Crippen LogP contribution in [0.1, 0.15) is 36.1 Å². The first-order valence-corrected chi connectivity index (χ1v) is 10.7.